The molecule has 2 rings (SSSR count). The van der Waals surface area contributed by atoms with Crippen LogP contribution in [0.5, 0.6) is 0 Å². The van der Waals surface area contributed by atoms with Crippen molar-refractivity contribution in [2.75, 3.05) is 13.1 Å². The van der Waals surface area contributed by atoms with Gasteiger partial charge in [0.1, 0.15) is 0 Å². The lowest BCUT2D eigenvalue weighted by molar-refractivity contribution is -0.117. The summed E-state index contributed by atoms with van der Waals surface area (Å²) in [6.07, 6.45) is 2.72. The topological polar surface area (TPSA) is 70.1 Å². The van der Waals surface area contributed by atoms with E-state index in [9.17, 15) is 8.42 Å². The predicted molar refractivity (Wildman–Crippen MR) is 53.1 cm³/mol. The first kappa shape index (κ1) is 11.3. The van der Waals surface area contributed by atoms with Gasteiger partial charge in [-0.3, -0.25) is 9.45 Å². The summed E-state index contributed by atoms with van der Waals surface area (Å²) in [4.78, 5) is 2.19. The summed E-state index contributed by atoms with van der Waals surface area (Å²) in [5.41, 5.74) is 0. The fraction of sp³-hybridized carbons (Fsp3) is 1.00. The van der Waals surface area contributed by atoms with E-state index in [1.807, 2.05) is 6.92 Å². The van der Waals surface area contributed by atoms with E-state index < -0.39 is 10.4 Å². The first-order valence-electron chi connectivity index (χ1n) is 5.20. The Hall–Kier alpha value is -0.210. The number of hydroxylamine groups is 2. The van der Waals surface area contributed by atoms with E-state index >= 15 is 0 Å². The first-order chi connectivity index (χ1) is 7.01. The molecule has 2 fully saturated rings. The van der Waals surface area contributed by atoms with Crippen molar-refractivity contribution in [3.63, 3.8) is 0 Å². The maximum absolute atomic E-state index is 10.7. The summed E-state index contributed by atoms with van der Waals surface area (Å²) in [7, 11) is -4.39. The molecule has 0 spiro atoms. The summed E-state index contributed by atoms with van der Waals surface area (Å²) in [6.45, 7) is 3.78. The molecule has 0 radical (unpaired) electrons. The zero-order valence-corrected chi connectivity index (χ0v) is 9.48. The number of fused-ring (bicyclic) bond motifs is 2. The minimum Gasteiger partial charge on any atom is -0.284 e. The number of hydrogen-bond acceptors (Lipinski definition) is 5. The average molecular weight is 236 g/mol. The third kappa shape index (κ3) is 2.31. The van der Waals surface area contributed by atoms with Crippen LogP contribution >= 0.6 is 0 Å². The highest BCUT2D eigenvalue weighted by molar-refractivity contribution is 7.80. The summed E-state index contributed by atoms with van der Waals surface area (Å²) in [5.74, 6) is 0. The van der Waals surface area contributed by atoms with Crippen molar-refractivity contribution in [2.24, 2.45) is 0 Å². The fourth-order valence-corrected chi connectivity index (χ4v) is 2.96. The summed E-state index contributed by atoms with van der Waals surface area (Å²) < 4.78 is 34.8. The van der Waals surface area contributed by atoms with Gasteiger partial charge >= 0.3 is 10.4 Å². The van der Waals surface area contributed by atoms with E-state index in [1.165, 1.54) is 5.06 Å². The van der Waals surface area contributed by atoms with Crippen LogP contribution in [0.1, 0.15) is 26.2 Å². The van der Waals surface area contributed by atoms with Crippen LogP contribution in [0, 0.1) is 0 Å². The van der Waals surface area contributed by atoms with E-state index in [0.717, 1.165) is 32.4 Å². The zero-order chi connectivity index (χ0) is 11.1. The number of nitrogens with zero attached hydrogens (tertiary/aromatic N) is 2. The Bertz CT molecular complexity index is 332. The molecule has 7 heteroatoms. The minimum atomic E-state index is -4.39. The van der Waals surface area contributed by atoms with Gasteiger partial charge in [-0.1, -0.05) is 6.92 Å². The van der Waals surface area contributed by atoms with E-state index in [2.05, 4.69) is 9.18 Å². The Morgan fingerprint density at radius 2 is 2.27 bits per heavy atom. The molecule has 15 heavy (non-hydrogen) atoms. The highest BCUT2D eigenvalue weighted by Crippen LogP contribution is 2.30. The van der Waals surface area contributed by atoms with Crippen molar-refractivity contribution in [3.05, 3.63) is 0 Å². The van der Waals surface area contributed by atoms with Crippen LogP contribution in [0.3, 0.4) is 0 Å². The van der Waals surface area contributed by atoms with E-state index in [-0.39, 0.29) is 12.2 Å². The molecule has 2 heterocycles. The zero-order valence-electron chi connectivity index (χ0n) is 8.66. The number of hydrogen-bond donors (Lipinski definition) is 1. The van der Waals surface area contributed by atoms with Gasteiger partial charge in [0.15, 0.2) is 0 Å². The maximum atomic E-state index is 10.7. The molecule has 2 aliphatic rings. The van der Waals surface area contributed by atoms with Gasteiger partial charge in [-0.2, -0.15) is 12.7 Å². The third-order valence-corrected chi connectivity index (χ3v) is 3.41. The molecule has 6 nitrogen and oxygen atoms in total. The van der Waals surface area contributed by atoms with Crippen LogP contribution in [-0.2, 0) is 14.7 Å². The largest absolute Gasteiger partial charge is 0.413 e. The van der Waals surface area contributed by atoms with Gasteiger partial charge in [-0.25, -0.2) is 0 Å². The third-order valence-electron chi connectivity index (χ3n) is 3.05. The Balaban J connectivity index is 2.14. The van der Waals surface area contributed by atoms with Crippen LogP contribution in [0.4, 0.5) is 0 Å². The van der Waals surface area contributed by atoms with Gasteiger partial charge in [0, 0.05) is 6.54 Å². The lowest BCUT2D eigenvalue weighted by Gasteiger charge is -2.25. The lowest BCUT2D eigenvalue weighted by atomic mass is 10.1. The van der Waals surface area contributed by atoms with Gasteiger partial charge in [0.2, 0.25) is 0 Å². The highest BCUT2D eigenvalue weighted by Gasteiger charge is 2.43. The monoisotopic (exact) mass is 236 g/mol. The van der Waals surface area contributed by atoms with Crippen molar-refractivity contribution in [3.8, 4) is 0 Å². The van der Waals surface area contributed by atoms with Crippen LogP contribution < -0.4 is 0 Å². The maximum Gasteiger partial charge on any atom is 0.413 e. The molecule has 2 aliphatic heterocycles. The number of piperidine rings is 1. The van der Waals surface area contributed by atoms with E-state index in [4.69, 9.17) is 4.55 Å². The summed E-state index contributed by atoms with van der Waals surface area (Å²) in [6, 6.07) is 0.0885. The first-order valence-corrected chi connectivity index (χ1v) is 6.57. The van der Waals surface area contributed by atoms with Crippen LogP contribution in [0.15, 0.2) is 0 Å². The van der Waals surface area contributed by atoms with Gasteiger partial charge in [0.05, 0.1) is 12.2 Å². The standard InChI is InChI=1S/C8H16N2O4S/c1-2-8-9-5-3-4-7(6-9)10(8)14-15(11,12)13/h7-8H,2-6H2,1H3,(H,11,12,13). The molecular formula is C8H16N2O4S. The molecule has 1 N–H and O–H groups in total. The lowest BCUT2D eigenvalue weighted by Crippen LogP contribution is -2.39. The molecule has 3 unspecified atom stereocenters. The molecule has 2 saturated heterocycles. The molecule has 0 saturated carbocycles. The minimum absolute atomic E-state index is 0.0283. The second kappa shape index (κ2) is 3.99. The van der Waals surface area contributed by atoms with Crippen LogP contribution in [0.2, 0.25) is 0 Å². The normalized spacial score (nSPS) is 37.1. The quantitative estimate of drug-likeness (QED) is 0.708. The van der Waals surface area contributed by atoms with E-state index in [1.54, 1.807) is 0 Å². The molecule has 88 valence electrons. The molecule has 0 aromatic heterocycles. The van der Waals surface area contributed by atoms with Crippen LogP contribution in [0.25, 0.3) is 0 Å². The predicted octanol–water partition coefficient (Wildman–Crippen LogP) is 0.237. The Kier molecular flexibility index (Phi) is 3.00. The summed E-state index contributed by atoms with van der Waals surface area (Å²) in [5, 5.41) is 1.43. The van der Waals surface area contributed by atoms with Crippen molar-refractivity contribution in [1.29, 1.82) is 0 Å². The SMILES string of the molecule is CCC1N2CCCC(C2)N1OS(=O)(=O)O. The van der Waals surface area contributed by atoms with Gasteiger partial charge in [0.25, 0.3) is 0 Å². The fourth-order valence-electron chi connectivity index (χ4n) is 2.52. The van der Waals surface area contributed by atoms with Crippen molar-refractivity contribution >= 4 is 10.4 Å². The van der Waals surface area contributed by atoms with Crippen LogP contribution in [-0.4, -0.2) is 48.2 Å². The second-order valence-corrected chi connectivity index (χ2v) is 5.05. The molecule has 2 bridgehead atoms. The van der Waals surface area contributed by atoms with Crippen molar-refractivity contribution < 1.29 is 17.3 Å². The van der Waals surface area contributed by atoms with Gasteiger partial charge in [-0.15, -0.1) is 5.06 Å². The Labute approximate surface area is 89.7 Å². The Morgan fingerprint density at radius 3 is 2.87 bits per heavy atom. The average Bonchev–Trinajstić information content (AvgIpc) is 2.36. The molecule has 3 atom stereocenters. The summed E-state index contributed by atoms with van der Waals surface area (Å²) >= 11 is 0. The van der Waals surface area contributed by atoms with Gasteiger partial charge in [-0.05, 0) is 25.8 Å². The molecule has 0 amide bonds. The molecular weight excluding hydrogens is 220 g/mol. The highest BCUT2D eigenvalue weighted by atomic mass is 32.3. The molecule has 0 aromatic rings. The molecule has 0 aliphatic carbocycles. The second-order valence-electron chi connectivity index (χ2n) is 4.04. The van der Waals surface area contributed by atoms with Crippen molar-refractivity contribution in [1.82, 2.24) is 9.96 Å². The van der Waals surface area contributed by atoms with Gasteiger partial charge < -0.3 is 0 Å². The van der Waals surface area contributed by atoms with E-state index in [0.29, 0.717) is 0 Å². The molecule has 0 aromatic carbocycles. The smallest absolute Gasteiger partial charge is 0.284 e. The van der Waals surface area contributed by atoms with Crippen molar-refractivity contribution in [2.45, 2.75) is 38.4 Å². The number of rotatable bonds is 3. The Morgan fingerprint density at radius 1 is 1.53 bits per heavy atom.